The predicted octanol–water partition coefficient (Wildman–Crippen LogP) is 12.6. The highest BCUT2D eigenvalue weighted by atomic mass is 15.0. The minimum Gasteiger partial charge on any atom is -0.308 e. The summed E-state index contributed by atoms with van der Waals surface area (Å²) in [4.78, 5) is 15.2. The molecule has 0 N–H and O–H groups in total. The van der Waals surface area contributed by atoms with Gasteiger partial charge < -0.3 is 4.57 Å². The van der Waals surface area contributed by atoms with Crippen molar-refractivity contribution in [1.82, 2.24) is 19.5 Å². The van der Waals surface area contributed by atoms with Gasteiger partial charge in [0.15, 0.2) is 17.5 Å². The zero-order valence-corrected chi connectivity index (χ0v) is 32.5. The van der Waals surface area contributed by atoms with Crippen molar-refractivity contribution in [2.45, 2.75) is 0 Å². The monoisotopic (exact) mass is 777 g/mol. The summed E-state index contributed by atoms with van der Waals surface area (Å²) in [5.74, 6) is 1.59. The Morgan fingerprint density at radius 3 is 1.34 bits per heavy atom. The van der Waals surface area contributed by atoms with E-state index in [1.165, 1.54) is 0 Å². The molecular weight excluding hydrogens is 747 g/mol. The molecule has 7 nitrogen and oxygen atoms in total. The number of nitriles is 3. The van der Waals surface area contributed by atoms with Crippen molar-refractivity contribution in [3.8, 4) is 91.4 Å². The van der Waals surface area contributed by atoms with Crippen LogP contribution in [0.1, 0.15) is 16.7 Å². The van der Waals surface area contributed by atoms with Gasteiger partial charge in [0.25, 0.3) is 0 Å². The van der Waals surface area contributed by atoms with Crippen molar-refractivity contribution >= 4 is 21.8 Å². The molecule has 0 amide bonds. The third kappa shape index (κ3) is 6.73. The van der Waals surface area contributed by atoms with Gasteiger partial charge in [-0.2, -0.15) is 15.8 Å². The van der Waals surface area contributed by atoms with Gasteiger partial charge in [-0.05, 0) is 89.0 Å². The maximum Gasteiger partial charge on any atom is 0.164 e. The summed E-state index contributed by atoms with van der Waals surface area (Å²) in [7, 11) is 0. The molecule has 7 heteroatoms. The van der Waals surface area contributed by atoms with Crippen LogP contribution in [0.4, 0.5) is 0 Å². The lowest BCUT2D eigenvalue weighted by atomic mass is 9.91. The average Bonchev–Trinajstić information content (AvgIpc) is 3.67. The first kappa shape index (κ1) is 36.4. The zero-order chi connectivity index (χ0) is 41.3. The number of hydrogen-bond acceptors (Lipinski definition) is 6. The summed E-state index contributed by atoms with van der Waals surface area (Å²) in [5, 5.41) is 31.4. The van der Waals surface area contributed by atoms with Crippen LogP contribution in [0.25, 0.3) is 95.0 Å². The maximum atomic E-state index is 9.83. The van der Waals surface area contributed by atoms with Crippen LogP contribution >= 0.6 is 0 Å². The lowest BCUT2D eigenvalue weighted by molar-refractivity contribution is 1.07. The topological polar surface area (TPSA) is 115 Å². The molecule has 2 aromatic heterocycles. The van der Waals surface area contributed by atoms with E-state index in [0.717, 1.165) is 77.6 Å². The number of nitrogens with zero attached hydrogens (tertiary/aromatic N) is 7. The molecule has 10 rings (SSSR count). The molecule has 0 bridgehead atoms. The zero-order valence-electron chi connectivity index (χ0n) is 32.5. The first-order valence-corrected chi connectivity index (χ1v) is 19.7. The molecule has 0 radical (unpaired) electrons. The van der Waals surface area contributed by atoms with Crippen LogP contribution in [-0.2, 0) is 0 Å². The van der Waals surface area contributed by atoms with Crippen LogP contribution in [0, 0.1) is 34.0 Å². The van der Waals surface area contributed by atoms with Crippen molar-refractivity contribution < 1.29 is 0 Å². The molecule has 0 unspecified atom stereocenters. The van der Waals surface area contributed by atoms with Gasteiger partial charge in [0.1, 0.15) is 0 Å². The smallest absolute Gasteiger partial charge is 0.164 e. The first-order chi connectivity index (χ1) is 30.1. The van der Waals surface area contributed by atoms with E-state index in [4.69, 9.17) is 15.0 Å². The van der Waals surface area contributed by atoms with Gasteiger partial charge in [-0.3, -0.25) is 0 Å². The number of rotatable bonds is 7. The van der Waals surface area contributed by atoms with Crippen LogP contribution in [0.2, 0.25) is 0 Å². The Hall–Kier alpha value is -8.96. The second-order valence-corrected chi connectivity index (χ2v) is 14.6. The van der Waals surface area contributed by atoms with Gasteiger partial charge in [-0.25, -0.2) is 15.0 Å². The molecule has 61 heavy (non-hydrogen) atoms. The normalized spacial score (nSPS) is 10.9. The van der Waals surface area contributed by atoms with E-state index in [1.807, 2.05) is 140 Å². The average molecular weight is 778 g/mol. The van der Waals surface area contributed by atoms with Crippen molar-refractivity contribution in [2.75, 3.05) is 0 Å². The standard InChI is InChI=1S/C54H31N7/c55-32-35-18-22-38(23-19-35)46-30-44(54-59-52(40-11-3-1-4-12-40)58-53(60-54)41-13-5-2-6-14-41)31-47(39-24-20-36(33-56)21-25-39)51(46)61-49-17-8-7-16-45(49)48-29-43(26-27-50(48)61)42-15-9-10-37(28-42)34-57/h1-31H. The Balaban J connectivity index is 1.31. The molecular formula is C54H31N7. The molecule has 282 valence electrons. The SMILES string of the molecule is N#Cc1ccc(-c2cc(-c3nc(-c4ccccc4)nc(-c4ccccc4)n3)cc(-c3ccc(C#N)cc3)c2-n2c3ccccc3c3cc(-c4cccc(C#N)c4)ccc32)cc1. The molecule has 0 saturated heterocycles. The Kier molecular flexibility index (Phi) is 9.20. The fourth-order valence-corrected chi connectivity index (χ4v) is 7.99. The summed E-state index contributed by atoms with van der Waals surface area (Å²) in [6.45, 7) is 0. The molecule has 0 atom stereocenters. The Morgan fingerprint density at radius 1 is 0.328 bits per heavy atom. The highest BCUT2D eigenvalue weighted by Gasteiger charge is 2.23. The van der Waals surface area contributed by atoms with Gasteiger partial charge >= 0.3 is 0 Å². The van der Waals surface area contributed by atoms with Crippen molar-refractivity contribution in [1.29, 1.82) is 15.8 Å². The number of fused-ring (bicyclic) bond motifs is 3. The molecule has 0 aliphatic carbocycles. The molecule has 0 aliphatic heterocycles. The van der Waals surface area contributed by atoms with E-state index >= 15 is 0 Å². The van der Waals surface area contributed by atoms with E-state index in [1.54, 1.807) is 0 Å². The summed E-state index contributed by atoms with van der Waals surface area (Å²) >= 11 is 0. The van der Waals surface area contributed by atoms with Crippen LogP contribution in [0.15, 0.2) is 188 Å². The summed E-state index contributed by atoms with van der Waals surface area (Å²) < 4.78 is 2.31. The van der Waals surface area contributed by atoms with E-state index in [0.29, 0.717) is 34.2 Å². The number of benzene rings is 8. The molecule has 0 aliphatic rings. The molecule has 2 heterocycles. The van der Waals surface area contributed by atoms with Gasteiger partial charge in [0.05, 0.1) is 51.6 Å². The van der Waals surface area contributed by atoms with Crippen LogP contribution in [0.5, 0.6) is 0 Å². The Bertz CT molecular complexity index is 3290. The van der Waals surface area contributed by atoms with E-state index in [2.05, 4.69) is 71.3 Å². The lowest BCUT2D eigenvalue weighted by Gasteiger charge is -2.21. The van der Waals surface area contributed by atoms with E-state index in [9.17, 15) is 15.8 Å². The van der Waals surface area contributed by atoms with Crippen LogP contribution in [0.3, 0.4) is 0 Å². The highest BCUT2D eigenvalue weighted by Crippen LogP contribution is 2.44. The quantitative estimate of drug-likeness (QED) is 0.159. The number of para-hydroxylation sites is 1. The molecule has 0 fully saturated rings. The Labute approximate surface area is 352 Å². The van der Waals surface area contributed by atoms with Crippen molar-refractivity contribution in [2.24, 2.45) is 0 Å². The van der Waals surface area contributed by atoms with Crippen molar-refractivity contribution in [3.63, 3.8) is 0 Å². The second-order valence-electron chi connectivity index (χ2n) is 14.6. The third-order valence-electron chi connectivity index (χ3n) is 10.9. The second kappa shape index (κ2) is 15.4. The molecule has 0 saturated carbocycles. The predicted molar refractivity (Wildman–Crippen MR) is 241 cm³/mol. The fourth-order valence-electron chi connectivity index (χ4n) is 7.99. The van der Waals surface area contributed by atoms with E-state index < -0.39 is 0 Å². The van der Waals surface area contributed by atoms with Crippen molar-refractivity contribution in [3.05, 3.63) is 205 Å². The van der Waals surface area contributed by atoms with Gasteiger partial charge in [0, 0.05) is 38.6 Å². The summed E-state index contributed by atoms with van der Waals surface area (Å²) in [6, 6.07) is 68.7. The fraction of sp³-hybridized carbons (Fsp3) is 0. The van der Waals surface area contributed by atoms with E-state index in [-0.39, 0.29) is 0 Å². The van der Waals surface area contributed by atoms with Gasteiger partial charge in [-0.15, -0.1) is 0 Å². The Morgan fingerprint density at radius 2 is 0.787 bits per heavy atom. The summed E-state index contributed by atoms with van der Waals surface area (Å²) in [5.41, 5.74) is 12.6. The largest absolute Gasteiger partial charge is 0.308 e. The molecule has 10 aromatic rings. The van der Waals surface area contributed by atoms with Crippen LogP contribution in [-0.4, -0.2) is 19.5 Å². The lowest BCUT2D eigenvalue weighted by Crippen LogP contribution is -2.04. The van der Waals surface area contributed by atoms with Gasteiger partial charge in [-0.1, -0.05) is 121 Å². The number of hydrogen-bond donors (Lipinski definition) is 0. The maximum absolute atomic E-state index is 9.83. The first-order valence-electron chi connectivity index (χ1n) is 19.7. The minimum atomic E-state index is 0.496. The molecule has 8 aromatic carbocycles. The van der Waals surface area contributed by atoms with Crippen LogP contribution < -0.4 is 0 Å². The summed E-state index contributed by atoms with van der Waals surface area (Å²) in [6.07, 6.45) is 0. The van der Waals surface area contributed by atoms with Gasteiger partial charge in [0.2, 0.25) is 0 Å². The molecule has 0 spiro atoms. The highest BCUT2D eigenvalue weighted by molar-refractivity contribution is 6.12. The number of aromatic nitrogens is 4. The minimum absolute atomic E-state index is 0.496. The third-order valence-corrected chi connectivity index (χ3v) is 10.9.